The molecule has 0 bridgehead atoms. The van der Waals surface area contributed by atoms with Crippen molar-refractivity contribution in [1.82, 2.24) is 5.32 Å². The number of phenols is 1. The summed E-state index contributed by atoms with van der Waals surface area (Å²) in [6, 6.07) is 5.84. The topological polar surface area (TPSA) is 41.5 Å². The highest BCUT2D eigenvalue weighted by atomic mass is 127. The number of ether oxygens (including phenoxy) is 1. The lowest BCUT2D eigenvalue weighted by Crippen LogP contribution is -2.34. The van der Waals surface area contributed by atoms with E-state index in [1.807, 2.05) is 12.1 Å². The van der Waals surface area contributed by atoms with Gasteiger partial charge in [0.2, 0.25) is 0 Å². The molecule has 1 heterocycles. The summed E-state index contributed by atoms with van der Waals surface area (Å²) in [5.41, 5.74) is 0.921. The third-order valence-electron chi connectivity index (χ3n) is 2.29. The van der Waals surface area contributed by atoms with Crippen molar-refractivity contribution >= 4 is 22.6 Å². The molecule has 0 saturated carbocycles. The van der Waals surface area contributed by atoms with Crippen LogP contribution in [0.15, 0.2) is 18.2 Å². The van der Waals surface area contributed by atoms with E-state index in [9.17, 15) is 5.11 Å². The van der Waals surface area contributed by atoms with Crippen LogP contribution in [0.25, 0.3) is 0 Å². The molecular formula is C10H12INO2. The van der Waals surface area contributed by atoms with E-state index in [4.69, 9.17) is 4.74 Å². The zero-order chi connectivity index (χ0) is 9.97. The molecular weight excluding hydrogens is 293 g/mol. The summed E-state index contributed by atoms with van der Waals surface area (Å²) >= 11 is 2.18. The highest BCUT2D eigenvalue weighted by molar-refractivity contribution is 14.1. The molecule has 2 N–H and O–H groups in total. The Kier molecular flexibility index (Phi) is 3.25. The van der Waals surface area contributed by atoms with Crippen LogP contribution in [0.1, 0.15) is 11.6 Å². The van der Waals surface area contributed by atoms with E-state index in [-0.39, 0.29) is 6.04 Å². The smallest absolute Gasteiger partial charge is 0.121 e. The molecule has 0 unspecified atom stereocenters. The molecule has 76 valence electrons. The molecule has 1 aliphatic heterocycles. The average molecular weight is 305 g/mol. The lowest BCUT2D eigenvalue weighted by atomic mass is 10.1. The monoisotopic (exact) mass is 305 g/mol. The lowest BCUT2D eigenvalue weighted by Gasteiger charge is -2.24. The molecule has 14 heavy (non-hydrogen) atoms. The minimum Gasteiger partial charge on any atom is -0.508 e. The second kappa shape index (κ2) is 4.46. The van der Waals surface area contributed by atoms with Gasteiger partial charge in [0.25, 0.3) is 0 Å². The maximum Gasteiger partial charge on any atom is 0.121 e. The maximum atomic E-state index is 9.74. The fourth-order valence-electron chi connectivity index (χ4n) is 1.58. The Bertz CT molecular complexity index is 324. The number of aromatic hydroxyl groups is 1. The Hall–Kier alpha value is -0.330. The third kappa shape index (κ3) is 2.18. The largest absolute Gasteiger partial charge is 0.508 e. The van der Waals surface area contributed by atoms with Crippen LogP contribution in [0.4, 0.5) is 0 Å². The van der Waals surface area contributed by atoms with Crippen molar-refractivity contribution in [2.24, 2.45) is 0 Å². The van der Waals surface area contributed by atoms with Gasteiger partial charge in [-0.15, -0.1) is 0 Å². The fraction of sp³-hybridized carbons (Fsp3) is 0.400. The van der Waals surface area contributed by atoms with E-state index in [1.54, 1.807) is 6.07 Å². The third-order valence-corrected chi connectivity index (χ3v) is 2.96. The number of morpholine rings is 1. The van der Waals surface area contributed by atoms with Crippen molar-refractivity contribution in [2.45, 2.75) is 6.04 Å². The van der Waals surface area contributed by atoms with Gasteiger partial charge in [0.1, 0.15) is 5.75 Å². The minimum atomic E-state index is 0.126. The van der Waals surface area contributed by atoms with E-state index in [0.717, 1.165) is 22.3 Å². The summed E-state index contributed by atoms with van der Waals surface area (Å²) in [6.07, 6.45) is 0. The van der Waals surface area contributed by atoms with Crippen LogP contribution in [0.2, 0.25) is 0 Å². The number of hydrogen-bond acceptors (Lipinski definition) is 3. The maximum absolute atomic E-state index is 9.74. The number of nitrogens with one attached hydrogen (secondary N) is 1. The van der Waals surface area contributed by atoms with Gasteiger partial charge in [-0.25, -0.2) is 0 Å². The van der Waals surface area contributed by atoms with Crippen LogP contribution in [0.3, 0.4) is 0 Å². The van der Waals surface area contributed by atoms with Gasteiger partial charge in [-0.3, -0.25) is 0 Å². The van der Waals surface area contributed by atoms with E-state index in [0.29, 0.717) is 12.4 Å². The summed E-state index contributed by atoms with van der Waals surface area (Å²) in [5.74, 6) is 0.347. The van der Waals surface area contributed by atoms with Crippen LogP contribution < -0.4 is 5.32 Å². The highest BCUT2D eigenvalue weighted by Gasteiger charge is 2.17. The molecule has 0 aliphatic carbocycles. The van der Waals surface area contributed by atoms with Crippen molar-refractivity contribution in [3.05, 3.63) is 27.3 Å². The second-order valence-electron chi connectivity index (χ2n) is 3.28. The van der Waals surface area contributed by atoms with E-state index >= 15 is 0 Å². The molecule has 4 heteroatoms. The molecule has 2 rings (SSSR count). The number of rotatable bonds is 1. The summed E-state index contributed by atoms with van der Waals surface area (Å²) < 4.78 is 6.39. The Labute approximate surface area is 96.6 Å². The number of halogens is 1. The molecule has 1 aromatic carbocycles. The van der Waals surface area contributed by atoms with Gasteiger partial charge in [0, 0.05) is 15.7 Å². The van der Waals surface area contributed by atoms with Crippen LogP contribution in [-0.2, 0) is 4.74 Å². The first-order valence-electron chi connectivity index (χ1n) is 4.57. The first-order valence-corrected chi connectivity index (χ1v) is 5.65. The molecule has 1 atom stereocenters. The Morgan fingerprint density at radius 3 is 3.00 bits per heavy atom. The van der Waals surface area contributed by atoms with E-state index in [1.165, 1.54) is 0 Å². The summed E-state index contributed by atoms with van der Waals surface area (Å²) in [4.78, 5) is 0. The summed E-state index contributed by atoms with van der Waals surface area (Å²) in [5, 5.41) is 13.1. The highest BCUT2D eigenvalue weighted by Crippen LogP contribution is 2.27. The number of benzene rings is 1. The van der Waals surface area contributed by atoms with Gasteiger partial charge in [0.15, 0.2) is 0 Å². The van der Waals surface area contributed by atoms with Gasteiger partial charge in [-0.05, 0) is 34.7 Å². The van der Waals surface area contributed by atoms with Gasteiger partial charge in [-0.1, -0.05) is 6.07 Å². The van der Waals surface area contributed by atoms with Crippen LogP contribution in [0, 0.1) is 3.57 Å². The van der Waals surface area contributed by atoms with Gasteiger partial charge in [0.05, 0.1) is 19.3 Å². The molecule has 0 amide bonds. The number of hydrogen-bond donors (Lipinski definition) is 2. The van der Waals surface area contributed by atoms with Gasteiger partial charge < -0.3 is 15.2 Å². The number of phenolic OH excluding ortho intramolecular Hbond substituents is 1. The normalized spacial score (nSPS) is 22.2. The molecule has 1 aliphatic rings. The Morgan fingerprint density at radius 1 is 1.50 bits per heavy atom. The van der Waals surface area contributed by atoms with Crippen molar-refractivity contribution in [1.29, 1.82) is 0 Å². The molecule has 1 fully saturated rings. The van der Waals surface area contributed by atoms with Crippen molar-refractivity contribution in [3.63, 3.8) is 0 Å². The van der Waals surface area contributed by atoms with E-state index in [2.05, 4.69) is 27.9 Å². The molecule has 1 aromatic rings. The van der Waals surface area contributed by atoms with Crippen molar-refractivity contribution in [3.8, 4) is 5.75 Å². The first kappa shape index (κ1) is 10.2. The standard InChI is InChI=1S/C10H12INO2/c11-7-1-2-8(10(13)5-7)9-6-14-4-3-12-9/h1-2,5,9,12-13H,3-4,6H2/t9-/m0/s1. The molecule has 1 saturated heterocycles. The van der Waals surface area contributed by atoms with Gasteiger partial charge in [-0.2, -0.15) is 0 Å². The van der Waals surface area contributed by atoms with Crippen LogP contribution >= 0.6 is 22.6 Å². The van der Waals surface area contributed by atoms with E-state index < -0.39 is 0 Å². The molecule has 0 radical (unpaired) electrons. The lowest BCUT2D eigenvalue weighted by molar-refractivity contribution is 0.0761. The minimum absolute atomic E-state index is 0.126. The predicted molar refractivity (Wildman–Crippen MR) is 62.4 cm³/mol. The van der Waals surface area contributed by atoms with Crippen molar-refractivity contribution in [2.75, 3.05) is 19.8 Å². The second-order valence-corrected chi connectivity index (χ2v) is 4.53. The van der Waals surface area contributed by atoms with Crippen LogP contribution in [0.5, 0.6) is 5.75 Å². The Balaban J connectivity index is 2.22. The zero-order valence-corrected chi connectivity index (χ0v) is 9.82. The summed E-state index contributed by atoms with van der Waals surface area (Å²) in [6.45, 7) is 2.23. The zero-order valence-electron chi connectivity index (χ0n) is 7.66. The first-order chi connectivity index (χ1) is 6.77. The predicted octanol–water partition coefficient (Wildman–Crippen LogP) is 1.66. The summed E-state index contributed by atoms with van der Waals surface area (Å²) in [7, 11) is 0. The molecule has 0 spiro atoms. The van der Waals surface area contributed by atoms with Crippen LogP contribution in [-0.4, -0.2) is 24.9 Å². The molecule has 0 aromatic heterocycles. The fourth-order valence-corrected chi connectivity index (χ4v) is 2.05. The SMILES string of the molecule is Oc1cc(I)ccc1[C@@H]1COCCN1. The average Bonchev–Trinajstić information content (AvgIpc) is 2.19. The quantitative estimate of drug-likeness (QED) is 0.775. The van der Waals surface area contributed by atoms with Crippen molar-refractivity contribution < 1.29 is 9.84 Å². The van der Waals surface area contributed by atoms with Gasteiger partial charge >= 0.3 is 0 Å². The Morgan fingerprint density at radius 2 is 2.36 bits per heavy atom. The molecule has 3 nitrogen and oxygen atoms in total.